The molecule has 1 aliphatic rings. The van der Waals surface area contributed by atoms with E-state index in [9.17, 15) is 13.2 Å². The van der Waals surface area contributed by atoms with Gasteiger partial charge in [-0.05, 0) is 36.7 Å². The van der Waals surface area contributed by atoms with Gasteiger partial charge in [-0.3, -0.25) is 0 Å². The summed E-state index contributed by atoms with van der Waals surface area (Å²) in [5, 5.41) is 7.44. The van der Waals surface area contributed by atoms with E-state index < -0.39 is 11.7 Å². The van der Waals surface area contributed by atoms with Gasteiger partial charge < -0.3 is 5.32 Å². The Morgan fingerprint density at radius 3 is 2.85 bits per heavy atom. The fraction of sp³-hybridized carbons (Fsp3) is 0.357. The summed E-state index contributed by atoms with van der Waals surface area (Å²) in [7, 11) is 0. The molecule has 3 nitrogen and oxygen atoms in total. The maximum Gasteiger partial charge on any atom is 0.416 e. The first kappa shape index (κ1) is 13.2. The van der Waals surface area contributed by atoms with Gasteiger partial charge in [0.1, 0.15) is 0 Å². The van der Waals surface area contributed by atoms with Crippen LogP contribution in [-0.4, -0.2) is 22.9 Å². The molecule has 1 aromatic carbocycles. The molecule has 0 spiro atoms. The van der Waals surface area contributed by atoms with E-state index in [4.69, 9.17) is 0 Å². The van der Waals surface area contributed by atoms with Gasteiger partial charge in [-0.2, -0.15) is 18.3 Å². The summed E-state index contributed by atoms with van der Waals surface area (Å²) >= 11 is 0. The molecule has 0 amide bonds. The SMILES string of the molecule is FC(F)(F)c1cccc(-n2cc(C3CCNC3)cn2)c1. The lowest BCUT2D eigenvalue weighted by molar-refractivity contribution is -0.137. The Hall–Kier alpha value is -1.82. The summed E-state index contributed by atoms with van der Waals surface area (Å²) < 4.78 is 39.6. The van der Waals surface area contributed by atoms with E-state index in [1.54, 1.807) is 12.3 Å². The first-order chi connectivity index (χ1) is 9.54. The number of aromatic nitrogens is 2. The normalized spacial score (nSPS) is 19.4. The molecular formula is C14H14F3N3. The van der Waals surface area contributed by atoms with Crippen molar-refractivity contribution < 1.29 is 13.2 Å². The molecule has 3 rings (SSSR count). The smallest absolute Gasteiger partial charge is 0.316 e. The van der Waals surface area contributed by atoms with Gasteiger partial charge in [0, 0.05) is 18.7 Å². The Balaban J connectivity index is 1.89. The van der Waals surface area contributed by atoms with Gasteiger partial charge >= 0.3 is 6.18 Å². The molecule has 0 bridgehead atoms. The first-order valence-corrected chi connectivity index (χ1v) is 6.47. The fourth-order valence-corrected chi connectivity index (χ4v) is 2.45. The summed E-state index contributed by atoms with van der Waals surface area (Å²) in [4.78, 5) is 0. The van der Waals surface area contributed by atoms with Crippen LogP contribution in [0.2, 0.25) is 0 Å². The van der Waals surface area contributed by atoms with Crippen LogP contribution in [0.25, 0.3) is 5.69 Å². The van der Waals surface area contributed by atoms with E-state index in [1.807, 2.05) is 6.20 Å². The van der Waals surface area contributed by atoms with Gasteiger partial charge in [0.15, 0.2) is 0 Å². The highest BCUT2D eigenvalue weighted by molar-refractivity contribution is 5.37. The van der Waals surface area contributed by atoms with Crippen LogP contribution < -0.4 is 5.32 Å². The van der Waals surface area contributed by atoms with Crippen molar-refractivity contribution in [2.24, 2.45) is 0 Å². The highest BCUT2D eigenvalue weighted by Crippen LogP contribution is 2.30. The molecule has 1 saturated heterocycles. The lowest BCUT2D eigenvalue weighted by Gasteiger charge is -2.08. The third kappa shape index (κ3) is 2.56. The minimum absolute atomic E-state index is 0.398. The average molecular weight is 281 g/mol. The predicted molar refractivity (Wildman–Crippen MR) is 68.8 cm³/mol. The summed E-state index contributed by atoms with van der Waals surface area (Å²) in [6.45, 7) is 1.87. The van der Waals surface area contributed by atoms with Crippen molar-refractivity contribution in [3.63, 3.8) is 0 Å². The monoisotopic (exact) mass is 281 g/mol. The number of hydrogen-bond acceptors (Lipinski definition) is 2. The van der Waals surface area contributed by atoms with Crippen molar-refractivity contribution >= 4 is 0 Å². The highest BCUT2D eigenvalue weighted by Gasteiger charge is 2.30. The van der Waals surface area contributed by atoms with Crippen molar-refractivity contribution in [3.05, 3.63) is 47.8 Å². The molecule has 1 fully saturated rings. The highest BCUT2D eigenvalue weighted by atomic mass is 19.4. The van der Waals surface area contributed by atoms with E-state index in [2.05, 4.69) is 10.4 Å². The molecule has 2 heterocycles. The number of halogens is 3. The van der Waals surface area contributed by atoms with Crippen molar-refractivity contribution in [2.75, 3.05) is 13.1 Å². The molecule has 0 aliphatic carbocycles. The Labute approximate surface area is 114 Å². The second-order valence-corrected chi connectivity index (χ2v) is 4.96. The third-order valence-corrected chi connectivity index (χ3v) is 3.57. The zero-order valence-electron chi connectivity index (χ0n) is 10.7. The van der Waals surface area contributed by atoms with Crippen LogP contribution in [-0.2, 0) is 6.18 Å². The van der Waals surface area contributed by atoms with Crippen molar-refractivity contribution in [1.29, 1.82) is 0 Å². The zero-order valence-corrected chi connectivity index (χ0v) is 10.7. The molecule has 0 radical (unpaired) electrons. The van der Waals surface area contributed by atoms with Gasteiger partial charge in [-0.15, -0.1) is 0 Å². The second-order valence-electron chi connectivity index (χ2n) is 4.96. The van der Waals surface area contributed by atoms with Crippen molar-refractivity contribution in [1.82, 2.24) is 15.1 Å². The molecule has 2 aromatic rings. The minimum Gasteiger partial charge on any atom is -0.316 e. The molecular weight excluding hydrogens is 267 g/mol. The number of alkyl halides is 3. The molecule has 1 aromatic heterocycles. The van der Waals surface area contributed by atoms with Crippen LogP contribution >= 0.6 is 0 Å². The molecule has 1 aliphatic heterocycles. The number of benzene rings is 1. The number of nitrogens with zero attached hydrogens (tertiary/aromatic N) is 2. The lowest BCUT2D eigenvalue weighted by atomic mass is 10.0. The molecule has 6 heteroatoms. The van der Waals surface area contributed by atoms with Gasteiger partial charge in [-0.1, -0.05) is 6.07 Å². The standard InChI is InChI=1S/C14H14F3N3/c15-14(16,17)12-2-1-3-13(6-12)20-9-11(8-19-20)10-4-5-18-7-10/h1-3,6,8-10,18H,4-5,7H2. The first-order valence-electron chi connectivity index (χ1n) is 6.47. The molecule has 20 heavy (non-hydrogen) atoms. The number of rotatable bonds is 2. The Morgan fingerprint density at radius 1 is 1.30 bits per heavy atom. The fourth-order valence-electron chi connectivity index (χ4n) is 2.45. The van der Waals surface area contributed by atoms with Gasteiger partial charge in [-0.25, -0.2) is 4.68 Å². The van der Waals surface area contributed by atoms with E-state index in [1.165, 1.54) is 10.7 Å². The van der Waals surface area contributed by atoms with E-state index in [0.717, 1.165) is 37.2 Å². The molecule has 1 unspecified atom stereocenters. The van der Waals surface area contributed by atoms with Crippen molar-refractivity contribution in [3.8, 4) is 5.69 Å². The molecule has 1 atom stereocenters. The minimum atomic E-state index is -4.33. The second kappa shape index (κ2) is 4.94. The Morgan fingerprint density at radius 2 is 2.15 bits per heavy atom. The maximum atomic E-state index is 12.7. The summed E-state index contributed by atoms with van der Waals surface area (Å²) in [6.07, 6.45) is 0.251. The molecule has 0 saturated carbocycles. The van der Waals surface area contributed by atoms with Crippen LogP contribution in [0, 0.1) is 0 Å². The van der Waals surface area contributed by atoms with Crippen LogP contribution in [0.5, 0.6) is 0 Å². The maximum absolute atomic E-state index is 12.7. The van der Waals surface area contributed by atoms with Gasteiger partial charge in [0.2, 0.25) is 0 Å². The van der Waals surface area contributed by atoms with Crippen LogP contribution in [0.4, 0.5) is 13.2 Å². The number of hydrogen-bond donors (Lipinski definition) is 1. The van der Waals surface area contributed by atoms with Crippen LogP contribution in [0.15, 0.2) is 36.7 Å². The van der Waals surface area contributed by atoms with E-state index in [0.29, 0.717) is 11.6 Å². The topological polar surface area (TPSA) is 29.9 Å². The van der Waals surface area contributed by atoms with Crippen molar-refractivity contribution in [2.45, 2.75) is 18.5 Å². The summed E-state index contributed by atoms with van der Waals surface area (Å²) in [5.74, 6) is 0.398. The zero-order chi connectivity index (χ0) is 14.2. The van der Waals surface area contributed by atoms with Gasteiger partial charge in [0.25, 0.3) is 0 Å². The Kier molecular flexibility index (Phi) is 3.25. The largest absolute Gasteiger partial charge is 0.416 e. The van der Waals surface area contributed by atoms with Gasteiger partial charge in [0.05, 0.1) is 17.4 Å². The van der Waals surface area contributed by atoms with E-state index >= 15 is 0 Å². The summed E-state index contributed by atoms with van der Waals surface area (Å²) in [6, 6.07) is 5.20. The quantitative estimate of drug-likeness (QED) is 0.917. The van der Waals surface area contributed by atoms with E-state index in [-0.39, 0.29) is 0 Å². The third-order valence-electron chi connectivity index (χ3n) is 3.57. The van der Waals surface area contributed by atoms with Crippen LogP contribution in [0.3, 0.4) is 0 Å². The molecule has 106 valence electrons. The summed E-state index contributed by atoms with van der Waals surface area (Å²) in [5.41, 5.74) is 0.832. The average Bonchev–Trinajstić information content (AvgIpc) is 3.09. The van der Waals surface area contributed by atoms with Crippen LogP contribution in [0.1, 0.15) is 23.5 Å². The Bertz CT molecular complexity index is 598. The molecule has 1 N–H and O–H groups in total. The number of nitrogens with one attached hydrogen (secondary N) is 1. The lowest BCUT2D eigenvalue weighted by Crippen LogP contribution is -2.07. The predicted octanol–water partition coefficient (Wildman–Crippen LogP) is 2.97.